The van der Waals surface area contributed by atoms with Gasteiger partial charge in [-0.2, -0.15) is 0 Å². The molecule has 23 heavy (non-hydrogen) atoms. The van der Waals surface area contributed by atoms with Gasteiger partial charge in [0.15, 0.2) is 9.75 Å². The lowest BCUT2D eigenvalue weighted by Crippen LogP contribution is -2.10. The molecule has 0 aliphatic carbocycles. The standard InChI is InChI=1S/C6H5NO4S.C5H4N2O3S/c1-11-6(8)5-4(7(9)10)2-3-12-5;6-5(8)4-3(7(9)10)1-2-11-4/h2-3H,1H3;1-2H,(H2,6,8). The van der Waals surface area contributed by atoms with Gasteiger partial charge in [-0.1, -0.05) is 0 Å². The van der Waals surface area contributed by atoms with Crippen molar-refractivity contribution in [2.75, 3.05) is 7.11 Å². The molecule has 0 bridgehead atoms. The van der Waals surface area contributed by atoms with Gasteiger partial charge in [0, 0.05) is 12.1 Å². The molecule has 0 aliphatic rings. The van der Waals surface area contributed by atoms with Gasteiger partial charge in [-0.25, -0.2) is 4.79 Å². The first-order valence-electron chi connectivity index (χ1n) is 5.61. The van der Waals surface area contributed by atoms with Crippen molar-refractivity contribution in [2.45, 2.75) is 0 Å². The molecule has 2 N–H and O–H groups in total. The van der Waals surface area contributed by atoms with Crippen LogP contribution in [-0.4, -0.2) is 28.8 Å². The quantitative estimate of drug-likeness (QED) is 0.498. The number of nitrogens with two attached hydrogens (primary N) is 1. The fourth-order valence-corrected chi connectivity index (χ4v) is 2.81. The smallest absolute Gasteiger partial charge is 0.355 e. The van der Waals surface area contributed by atoms with E-state index in [0.29, 0.717) is 0 Å². The maximum atomic E-state index is 10.9. The number of nitrogens with zero attached hydrogens (tertiary/aromatic N) is 2. The molecule has 12 heteroatoms. The SMILES string of the molecule is COC(=O)c1sccc1[N+](=O)[O-].NC(=O)c1sccc1[N+](=O)[O-]. The van der Waals surface area contributed by atoms with Crippen LogP contribution < -0.4 is 5.73 Å². The molecule has 0 saturated heterocycles. The summed E-state index contributed by atoms with van der Waals surface area (Å²) in [5.41, 5.74) is 4.44. The lowest BCUT2D eigenvalue weighted by molar-refractivity contribution is -0.384. The minimum atomic E-state index is -0.758. The average molecular weight is 359 g/mol. The van der Waals surface area contributed by atoms with Gasteiger partial charge in [0.25, 0.3) is 17.3 Å². The molecule has 2 rings (SSSR count). The first-order valence-corrected chi connectivity index (χ1v) is 7.37. The number of hydrogen-bond donors (Lipinski definition) is 1. The molecule has 0 radical (unpaired) electrons. The third-order valence-electron chi connectivity index (χ3n) is 2.28. The summed E-state index contributed by atoms with van der Waals surface area (Å²) in [6.07, 6.45) is 0. The number of hydrogen-bond acceptors (Lipinski definition) is 9. The fourth-order valence-electron chi connectivity index (χ4n) is 1.32. The molecule has 2 aromatic heterocycles. The Kier molecular flexibility index (Phi) is 6.29. The highest BCUT2D eigenvalue weighted by Gasteiger charge is 2.22. The van der Waals surface area contributed by atoms with Crippen LogP contribution in [0.1, 0.15) is 19.3 Å². The molecule has 0 aliphatic heterocycles. The van der Waals surface area contributed by atoms with E-state index in [1.54, 1.807) is 0 Å². The molecule has 0 atom stereocenters. The minimum absolute atomic E-state index is 0.00463. The Morgan fingerprint density at radius 1 is 1.04 bits per heavy atom. The van der Waals surface area contributed by atoms with Gasteiger partial charge in [-0.05, 0) is 10.8 Å². The van der Waals surface area contributed by atoms with Gasteiger partial charge in [-0.3, -0.25) is 25.0 Å². The van der Waals surface area contributed by atoms with Gasteiger partial charge >= 0.3 is 5.97 Å². The highest BCUT2D eigenvalue weighted by Crippen LogP contribution is 2.25. The molecule has 1 amide bonds. The highest BCUT2D eigenvalue weighted by atomic mass is 32.1. The molecule has 0 unspecified atom stereocenters. The van der Waals surface area contributed by atoms with Crippen LogP contribution in [0.2, 0.25) is 0 Å². The lowest BCUT2D eigenvalue weighted by Gasteiger charge is -1.93. The van der Waals surface area contributed by atoms with Crippen molar-refractivity contribution < 1.29 is 24.2 Å². The third-order valence-corrected chi connectivity index (χ3v) is 4.08. The van der Waals surface area contributed by atoms with Gasteiger partial charge in [0.2, 0.25) is 0 Å². The van der Waals surface area contributed by atoms with Gasteiger partial charge in [0.1, 0.15) is 0 Å². The minimum Gasteiger partial charge on any atom is -0.465 e. The summed E-state index contributed by atoms with van der Waals surface area (Å²) in [4.78, 5) is 40.7. The first kappa shape index (κ1) is 18.2. The number of rotatable bonds is 4. The van der Waals surface area contributed by atoms with Crippen LogP contribution in [0.3, 0.4) is 0 Å². The molecular formula is C11H9N3O7S2. The van der Waals surface area contributed by atoms with Crippen LogP contribution >= 0.6 is 22.7 Å². The topological polar surface area (TPSA) is 156 Å². The third kappa shape index (κ3) is 4.55. The number of carbonyl (C=O) groups excluding carboxylic acids is 2. The van der Waals surface area contributed by atoms with Crippen molar-refractivity contribution in [1.29, 1.82) is 0 Å². The number of ether oxygens (including phenoxy) is 1. The molecule has 2 heterocycles. The number of amides is 1. The van der Waals surface area contributed by atoms with Crippen LogP contribution in [0.4, 0.5) is 11.4 Å². The normalized spacial score (nSPS) is 9.43. The van der Waals surface area contributed by atoms with Crippen molar-refractivity contribution >= 4 is 45.9 Å². The molecule has 0 spiro atoms. The summed E-state index contributed by atoms with van der Waals surface area (Å²) in [6.45, 7) is 0. The Morgan fingerprint density at radius 3 is 1.83 bits per heavy atom. The van der Waals surface area contributed by atoms with E-state index in [-0.39, 0.29) is 21.1 Å². The Morgan fingerprint density at radius 2 is 1.48 bits per heavy atom. The second-order valence-electron chi connectivity index (χ2n) is 3.64. The molecule has 10 nitrogen and oxygen atoms in total. The van der Waals surface area contributed by atoms with E-state index in [2.05, 4.69) is 4.74 Å². The zero-order chi connectivity index (χ0) is 17.6. The predicted molar refractivity (Wildman–Crippen MR) is 81.8 cm³/mol. The Labute approximate surface area is 136 Å². The molecule has 0 saturated carbocycles. The fraction of sp³-hybridized carbons (Fsp3) is 0.0909. The second kappa shape index (κ2) is 7.95. The zero-order valence-corrected chi connectivity index (χ0v) is 13.1. The summed E-state index contributed by atoms with van der Waals surface area (Å²) in [5, 5.41) is 23.4. The summed E-state index contributed by atoms with van der Waals surface area (Å²) in [7, 11) is 1.19. The Hall–Kier alpha value is -2.86. The number of thiophene rings is 2. The highest BCUT2D eigenvalue weighted by molar-refractivity contribution is 7.12. The predicted octanol–water partition coefficient (Wildman–Crippen LogP) is 2.20. The van der Waals surface area contributed by atoms with Crippen LogP contribution in [0, 0.1) is 20.2 Å². The van der Waals surface area contributed by atoms with Crippen molar-refractivity contribution in [3.05, 3.63) is 52.9 Å². The van der Waals surface area contributed by atoms with E-state index < -0.39 is 21.7 Å². The first-order chi connectivity index (χ1) is 10.8. The van der Waals surface area contributed by atoms with E-state index in [0.717, 1.165) is 22.7 Å². The maximum Gasteiger partial charge on any atom is 0.355 e. The van der Waals surface area contributed by atoms with Crippen LogP contribution in [-0.2, 0) is 4.74 Å². The molecule has 2 aromatic rings. The van der Waals surface area contributed by atoms with Crippen molar-refractivity contribution in [3.63, 3.8) is 0 Å². The monoisotopic (exact) mass is 359 g/mol. The van der Waals surface area contributed by atoms with E-state index in [4.69, 9.17) is 5.73 Å². The largest absolute Gasteiger partial charge is 0.465 e. The molecule has 122 valence electrons. The lowest BCUT2D eigenvalue weighted by atomic mass is 10.4. The Bertz CT molecular complexity index is 724. The average Bonchev–Trinajstić information content (AvgIpc) is 3.15. The van der Waals surface area contributed by atoms with Crippen LogP contribution in [0.5, 0.6) is 0 Å². The zero-order valence-electron chi connectivity index (χ0n) is 11.5. The van der Waals surface area contributed by atoms with E-state index in [1.165, 1.54) is 30.0 Å². The van der Waals surface area contributed by atoms with Crippen molar-refractivity contribution in [3.8, 4) is 0 Å². The number of nitro groups is 2. The van der Waals surface area contributed by atoms with Gasteiger partial charge < -0.3 is 10.5 Å². The summed E-state index contributed by atoms with van der Waals surface area (Å²) in [6, 6.07) is 2.53. The molecular weight excluding hydrogens is 350 g/mol. The number of methoxy groups -OCH3 is 1. The van der Waals surface area contributed by atoms with Gasteiger partial charge in [-0.15, -0.1) is 22.7 Å². The van der Waals surface area contributed by atoms with Crippen LogP contribution in [0.25, 0.3) is 0 Å². The molecule has 0 fully saturated rings. The van der Waals surface area contributed by atoms with E-state index >= 15 is 0 Å². The van der Waals surface area contributed by atoms with Crippen LogP contribution in [0.15, 0.2) is 22.9 Å². The molecule has 0 aromatic carbocycles. The summed E-state index contributed by atoms with van der Waals surface area (Å²) >= 11 is 1.96. The number of carbonyl (C=O) groups is 2. The van der Waals surface area contributed by atoms with E-state index in [1.807, 2.05) is 0 Å². The maximum absolute atomic E-state index is 10.9. The summed E-state index contributed by atoms with van der Waals surface area (Å²) < 4.78 is 4.35. The van der Waals surface area contributed by atoms with Crippen molar-refractivity contribution in [1.82, 2.24) is 0 Å². The van der Waals surface area contributed by atoms with E-state index in [9.17, 15) is 29.8 Å². The van der Waals surface area contributed by atoms with Crippen molar-refractivity contribution in [2.24, 2.45) is 5.73 Å². The number of primary amides is 1. The van der Waals surface area contributed by atoms with Gasteiger partial charge in [0.05, 0.1) is 17.0 Å². The second-order valence-corrected chi connectivity index (χ2v) is 5.47. The summed E-state index contributed by atoms with van der Waals surface area (Å²) in [5.74, 6) is -1.43. The number of esters is 1. The Balaban J connectivity index is 0.000000231.